The summed E-state index contributed by atoms with van der Waals surface area (Å²) in [6.07, 6.45) is -0.498. The maximum absolute atomic E-state index is 15.1. The van der Waals surface area contributed by atoms with Crippen molar-refractivity contribution < 1.29 is 28.2 Å². The Bertz CT molecular complexity index is 1120. The van der Waals surface area contributed by atoms with Crippen LogP contribution in [0.4, 0.5) is 10.1 Å². The summed E-state index contributed by atoms with van der Waals surface area (Å²) in [6, 6.07) is 12.8. The minimum Gasteiger partial charge on any atom is -0.496 e. The lowest BCUT2D eigenvalue weighted by atomic mass is 10.0. The van der Waals surface area contributed by atoms with Crippen molar-refractivity contribution in [2.24, 2.45) is 0 Å². The fourth-order valence-electron chi connectivity index (χ4n) is 2.93. The zero-order chi connectivity index (χ0) is 21.8. The zero-order valence-corrected chi connectivity index (χ0v) is 16.8. The molecule has 0 unspecified atom stereocenters. The van der Waals surface area contributed by atoms with E-state index in [9.17, 15) is 19.6 Å². The lowest BCUT2D eigenvalue weighted by Gasteiger charge is -2.29. The number of nitrogens with zero attached hydrogens (tertiary/aromatic N) is 2. The fourth-order valence-corrected chi connectivity index (χ4v) is 3.87. The first-order valence-electron chi connectivity index (χ1n) is 8.60. The Kier molecular flexibility index (Phi) is 6.18. The molecule has 0 spiro atoms. The van der Waals surface area contributed by atoms with Gasteiger partial charge in [-0.25, -0.2) is 9.18 Å². The van der Waals surface area contributed by atoms with Crippen LogP contribution >= 0.6 is 11.8 Å². The van der Waals surface area contributed by atoms with E-state index in [4.69, 9.17) is 4.74 Å². The van der Waals surface area contributed by atoms with Gasteiger partial charge in [0.1, 0.15) is 22.7 Å². The van der Waals surface area contributed by atoms with Crippen LogP contribution < -0.4 is 9.64 Å². The van der Waals surface area contributed by atoms with Crippen molar-refractivity contribution >= 4 is 34.4 Å². The lowest BCUT2D eigenvalue weighted by molar-refractivity contribution is -0.135. The molecular formula is C21H15FN2O5S. The van der Waals surface area contributed by atoms with E-state index >= 15 is 4.39 Å². The van der Waals surface area contributed by atoms with Crippen LogP contribution in [0.5, 0.6) is 5.75 Å². The monoisotopic (exact) mass is 426 g/mol. The van der Waals surface area contributed by atoms with E-state index in [1.54, 1.807) is 36.4 Å². The summed E-state index contributed by atoms with van der Waals surface area (Å²) in [5.74, 6) is -2.02. The van der Waals surface area contributed by atoms with Crippen LogP contribution in [0.3, 0.4) is 0 Å². The quantitative estimate of drug-likeness (QED) is 0.320. The van der Waals surface area contributed by atoms with Crippen molar-refractivity contribution in [3.63, 3.8) is 0 Å². The predicted octanol–water partition coefficient (Wildman–Crippen LogP) is 3.41. The van der Waals surface area contributed by atoms with Gasteiger partial charge in [0.25, 0.3) is 0 Å². The van der Waals surface area contributed by atoms with Gasteiger partial charge in [0.15, 0.2) is 5.57 Å². The Morgan fingerprint density at radius 1 is 1.20 bits per heavy atom. The molecule has 0 aliphatic carbocycles. The highest BCUT2D eigenvalue weighted by molar-refractivity contribution is 8.17. The highest BCUT2D eigenvalue weighted by atomic mass is 32.2. The minimum absolute atomic E-state index is 0.190. The first-order valence-corrected chi connectivity index (χ1v) is 9.42. The molecular weight excluding hydrogens is 411 g/mol. The van der Waals surface area contributed by atoms with Crippen LogP contribution in [0.15, 0.2) is 53.1 Å². The van der Waals surface area contributed by atoms with Crippen molar-refractivity contribution in [1.82, 2.24) is 0 Å². The fraction of sp³-hybridized carbons (Fsp3) is 0.143. The summed E-state index contributed by atoms with van der Waals surface area (Å²) in [4.78, 5) is 37.3. The molecule has 1 heterocycles. The van der Waals surface area contributed by atoms with Crippen LogP contribution in [0.25, 0.3) is 11.1 Å². The third kappa shape index (κ3) is 3.90. The third-order valence-corrected chi connectivity index (χ3v) is 5.23. The number of para-hydroxylation sites is 1. The van der Waals surface area contributed by atoms with Gasteiger partial charge >= 0.3 is 5.97 Å². The second kappa shape index (κ2) is 8.80. The number of amides is 1. The summed E-state index contributed by atoms with van der Waals surface area (Å²) in [6.45, 7) is 0. The van der Waals surface area contributed by atoms with Gasteiger partial charge in [-0.3, -0.25) is 14.5 Å². The number of carbonyl (C=O) groups is 3. The van der Waals surface area contributed by atoms with Gasteiger partial charge in [-0.1, -0.05) is 24.3 Å². The lowest BCUT2D eigenvalue weighted by Crippen LogP contribution is -2.37. The van der Waals surface area contributed by atoms with E-state index in [-0.39, 0.29) is 10.7 Å². The largest absolute Gasteiger partial charge is 0.496 e. The third-order valence-electron chi connectivity index (χ3n) is 4.28. The van der Waals surface area contributed by atoms with Gasteiger partial charge in [-0.15, -0.1) is 0 Å². The van der Waals surface area contributed by atoms with Crippen molar-refractivity contribution in [2.45, 2.75) is 6.42 Å². The number of methoxy groups -OCH3 is 2. The number of halogens is 1. The highest BCUT2D eigenvalue weighted by Gasteiger charge is 2.36. The van der Waals surface area contributed by atoms with Crippen LogP contribution in [-0.2, 0) is 19.1 Å². The van der Waals surface area contributed by atoms with Crippen LogP contribution in [0.1, 0.15) is 6.42 Å². The number of benzene rings is 2. The number of nitriles is 1. The van der Waals surface area contributed by atoms with E-state index in [0.29, 0.717) is 28.6 Å². The molecule has 0 aromatic heterocycles. The van der Waals surface area contributed by atoms with E-state index in [0.717, 1.165) is 12.0 Å². The Balaban J connectivity index is 2.14. The second-order valence-electron chi connectivity index (χ2n) is 6.03. The maximum atomic E-state index is 15.1. The number of thioether (sulfide) groups is 1. The molecule has 3 rings (SSSR count). The van der Waals surface area contributed by atoms with Gasteiger partial charge in [-0.05, 0) is 35.5 Å². The SMILES string of the molecule is COC(=O)C(C#N)=C1SC(=O)CC(=O)N1c1ccc(-c2ccccc2OC)cc1F. The summed E-state index contributed by atoms with van der Waals surface area (Å²) >= 11 is 0.521. The van der Waals surface area contributed by atoms with Crippen molar-refractivity contribution in [1.29, 1.82) is 5.26 Å². The van der Waals surface area contributed by atoms with Gasteiger partial charge in [-0.2, -0.15) is 5.26 Å². The Hall–Kier alpha value is -3.64. The summed E-state index contributed by atoms with van der Waals surface area (Å²) in [7, 11) is 2.56. The topological polar surface area (TPSA) is 96.7 Å². The molecule has 7 nitrogen and oxygen atoms in total. The van der Waals surface area contributed by atoms with Gasteiger partial charge in [0.2, 0.25) is 11.0 Å². The van der Waals surface area contributed by atoms with Crippen LogP contribution in [-0.4, -0.2) is 31.2 Å². The van der Waals surface area contributed by atoms with E-state index in [1.807, 2.05) is 0 Å². The molecule has 1 aliphatic heterocycles. The number of hydrogen-bond donors (Lipinski definition) is 0. The Morgan fingerprint density at radius 3 is 2.57 bits per heavy atom. The standard InChI is InChI=1S/C21H15FN2O5S/c1-28-17-6-4-3-5-13(17)12-7-8-16(15(22)9-12)24-18(25)10-19(26)30-20(24)14(11-23)21(27)29-2/h3-9H,10H2,1-2H3. The smallest absolute Gasteiger partial charge is 0.351 e. The summed E-state index contributed by atoms with van der Waals surface area (Å²) in [5.41, 5.74) is 0.395. The molecule has 0 atom stereocenters. The summed E-state index contributed by atoms with van der Waals surface area (Å²) < 4.78 is 24.9. The van der Waals surface area contributed by atoms with Gasteiger partial charge in [0, 0.05) is 5.56 Å². The number of rotatable bonds is 4. The molecule has 1 saturated heterocycles. The van der Waals surface area contributed by atoms with Crippen LogP contribution in [0, 0.1) is 17.1 Å². The first kappa shape index (κ1) is 21.1. The summed E-state index contributed by atoms with van der Waals surface area (Å²) in [5, 5.41) is 8.51. The van der Waals surface area contributed by atoms with Gasteiger partial charge in [0.05, 0.1) is 26.3 Å². The number of carbonyl (C=O) groups excluding carboxylic acids is 3. The second-order valence-corrected chi connectivity index (χ2v) is 7.08. The number of ether oxygens (including phenoxy) is 2. The Labute approximate surface area is 175 Å². The van der Waals surface area contributed by atoms with Crippen molar-refractivity contribution in [2.75, 3.05) is 19.1 Å². The average molecular weight is 426 g/mol. The number of esters is 1. The van der Waals surface area contributed by atoms with Crippen molar-refractivity contribution in [3.05, 3.63) is 58.9 Å². The molecule has 1 amide bonds. The molecule has 0 N–H and O–H groups in total. The zero-order valence-electron chi connectivity index (χ0n) is 16.0. The van der Waals surface area contributed by atoms with E-state index in [1.165, 1.54) is 19.2 Å². The van der Waals surface area contributed by atoms with Crippen LogP contribution in [0.2, 0.25) is 0 Å². The molecule has 0 bridgehead atoms. The molecule has 30 heavy (non-hydrogen) atoms. The van der Waals surface area contributed by atoms with E-state index in [2.05, 4.69) is 4.74 Å². The highest BCUT2D eigenvalue weighted by Crippen LogP contribution is 2.39. The average Bonchev–Trinajstić information content (AvgIpc) is 2.74. The normalized spacial score (nSPS) is 15.5. The molecule has 152 valence electrons. The maximum Gasteiger partial charge on any atom is 0.351 e. The molecule has 9 heteroatoms. The predicted molar refractivity (Wildman–Crippen MR) is 108 cm³/mol. The number of hydrogen-bond acceptors (Lipinski definition) is 7. The van der Waals surface area contributed by atoms with Gasteiger partial charge < -0.3 is 9.47 Å². The molecule has 0 saturated carbocycles. The molecule has 1 fully saturated rings. The Morgan fingerprint density at radius 2 is 1.93 bits per heavy atom. The van der Waals surface area contributed by atoms with Crippen molar-refractivity contribution in [3.8, 4) is 22.9 Å². The van der Waals surface area contributed by atoms with E-state index < -0.39 is 34.8 Å². The minimum atomic E-state index is -1.03. The molecule has 0 radical (unpaired) electrons. The molecule has 1 aliphatic rings. The molecule has 2 aromatic carbocycles. The number of anilines is 1. The first-order chi connectivity index (χ1) is 14.4. The molecule has 2 aromatic rings.